The first-order chi connectivity index (χ1) is 7.22. The highest BCUT2D eigenvalue weighted by Gasteiger charge is 2.24. The van der Waals surface area contributed by atoms with E-state index in [4.69, 9.17) is 16.3 Å². The Morgan fingerprint density at radius 2 is 2.33 bits per heavy atom. The lowest BCUT2D eigenvalue weighted by atomic mass is 10.2. The number of ether oxygens (including phenoxy) is 1. The van der Waals surface area contributed by atoms with Crippen LogP contribution in [0.5, 0.6) is 5.75 Å². The van der Waals surface area contributed by atoms with E-state index in [2.05, 4.69) is 5.43 Å². The van der Waals surface area contributed by atoms with E-state index in [0.717, 1.165) is 0 Å². The van der Waals surface area contributed by atoms with Gasteiger partial charge in [0.1, 0.15) is 5.75 Å². The Hall–Kier alpha value is -1.79. The fourth-order valence-electron chi connectivity index (χ4n) is 1.48. The van der Waals surface area contributed by atoms with E-state index in [9.17, 15) is 4.79 Å². The number of hydrazine groups is 1. The molecule has 1 aliphatic heterocycles. The number of carbonyl (C=O) groups excluding carboxylic acids is 1. The zero-order valence-electron chi connectivity index (χ0n) is 8.06. The minimum atomic E-state index is -0.147. The summed E-state index contributed by atoms with van der Waals surface area (Å²) in [6.45, 7) is 0.261. The second kappa shape index (κ2) is 3.76. The second-order valence-corrected chi connectivity index (χ2v) is 3.20. The van der Waals surface area contributed by atoms with Gasteiger partial charge in [-0.3, -0.25) is 15.5 Å². The van der Waals surface area contributed by atoms with Crippen molar-refractivity contribution in [2.45, 2.75) is 0 Å². The van der Waals surface area contributed by atoms with E-state index < -0.39 is 0 Å². The SMILES string of the molecule is NNCN1C(=O)COc2ccc(N)cc21. The number of nitrogens with two attached hydrogens (primary N) is 2. The molecule has 0 bridgehead atoms. The van der Waals surface area contributed by atoms with Crippen LogP contribution in [0.15, 0.2) is 18.2 Å². The van der Waals surface area contributed by atoms with Gasteiger partial charge < -0.3 is 10.5 Å². The van der Waals surface area contributed by atoms with Gasteiger partial charge in [0.2, 0.25) is 0 Å². The number of nitrogens with zero attached hydrogens (tertiary/aromatic N) is 1. The van der Waals surface area contributed by atoms with Crippen molar-refractivity contribution in [2.24, 2.45) is 5.84 Å². The standard InChI is InChI=1S/C9H12N4O2/c10-6-1-2-8-7(3-6)13(5-12-11)9(14)4-15-8/h1-3,12H,4-5,10-11H2. The van der Waals surface area contributed by atoms with Gasteiger partial charge in [-0.15, -0.1) is 0 Å². The smallest absolute Gasteiger partial charge is 0.266 e. The van der Waals surface area contributed by atoms with Gasteiger partial charge in [0, 0.05) is 5.69 Å². The van der Waals surface area contributed by atoms with Gasteiger partial charge in [-0.25, -0.2) is 5.43 Å². The first kappa shape index (κ1) is 9.75. The Morgan fingerprint density at radius 3 is 3.07 bits per heavy atom. The highest BCUT2D eigenvalue weighted by molar-refractivity contribution is 5.98. The number of anilines is 2. The van der Waals surface area contributed by atoms with Gasteiger partial charge in [0.15, 0.2) is 6.61 Å². The van der Waals surface area contributed by atoms with Crippen molar-refractivity contribution in [1.29, 1.82) is 0 Å². The van der Waals surface area contributed by atoms with Crippen LogP contribution in [-0.4, -0.2) is 19.2 Å². The van der Waals surface area contributed by atoms with Crippen LogP contribution in [-0.2, 0) is 4.79 Å². The third kappa shape index (κ3) is 1.72. The quantitative estimate of drug-likeness (QED) is 0.343. The Labute approximate surface area is 86.8 Å². The molecule has 1 heterocycles. The topological polar surface area (TPSA) is 93.6 Å². The molecule has 0 unspecified atom stereocenters. The largest absolute Gasteiger partial charge is 0.482 e. The molecule has 0 saturated heterocycles. The van der Waals surface area contributed by atoms with Crippen molar-refractivity contribution in [3.63, 3.8) is 0 Å². The van der Waals surface area contributed by atoms with Crippen LogP contribution in [0.1, 0.15) is 0 Å². The molecule has 1 amide bonds. The van der Waals surface area contributed by atoms with Crippen molar-refractivity contribution in [3.8, 4) is 5.75 Å². The van der Waals surface area contributed by atoms with Crippen molar-refractivity contribution < 1.29 is 9.53 Å². The lowest BCUT2D eigenvalue weighted by Crippen LogP contribution is -2.46. The molecule has 1 aromatic carbocycles. The predicted molar refractivity (Wildman–Crippen MR) is 56.0 cm³/mol. The van der Waals surface area contributed by atoms with Gasteiger partial charge in [0.05, 0.1) is 12.4 Å². The van der Waals surface area contributed by atoms with Crippen LogP contribution >= 0.6 is 0 Å². The molecule has 5 N–H and O–H groups in total. The van der Waals surface area contributed by atoms with Gasteiger partial charge in [-0.05, 0) is 18.2 Å². The van der Waals surface area contributed by atoms with Crippen molar-refractivity contribution in [1.82, 2.24) is 5.43 Å². The molecule has 80 valence electrons. The molecule has 0 aromatic heterocycles. The molecule has 1 aromatic rings. The molecule has 1 aliphatic rings. The maximum atomic E-state index is 11.5. The molecule has 0 spiro atoms. The summed E-state index contributed by atoms with van der Waals surface area (Å²) in [5.74, 6) is 5.69. The van der Waals surface area contributed by atoms with Crippen LogP contribution in [0.4, 0.5) is 11.4 Å². The van der Waals surface area contributed by atoms with Crippen molar-refractivity contribution >= 4 is 17.3 Å². The van der Waals surface area contributed by atoms with Crippen molar-refractivity contribution in [3.05, 3.63) is 18.2 Å². The monoisotopic (exact) mass is 208 g/mol. The molecule has 0 aliphatic carbocycles. The van der Waals surface area contributed by atoms with Crippen molar-refractivity contribution in [2.75, 3.05) is 23.9 Å². The van der Waals surface area contributed by atoms with E-state index in [1.54, 1.807) is 18.2 Å². The Bertz CT molecular complexity index is 394. The van der Waals surface area contributed by atoms with Gasteiger partial charge in [-0.2, -0.15) is 0 Å². The Kier molecular flexibility index (Phi) is 2.44. The third-order valence-corrected chi connectivity index (χ3v) is 2.18. The molecular weight excluding hydrogens is 196 g/mol. The zero-order valence-corrected chi connectivity index (χ0v) is 8.06. The third-order valence-electron chi connectivity index (χ3n) is 2.18. The first-order valence-electron chi connectivity index (χ1n) is 4.48. The molecule has 0 fully saturated rings. The second-order valence-electron chi connectivity index (χ2n) is 3.20. The van der Waals surface area contributed by atoms with E-state index in [-0.39, 0.29) is 19.2 Å². The summed E-state index contributed by atoms with van der Waals surface area (Å²) in [5, 5.41) is 0. The highest BCUT2D eigenvalue weighted by Crippen LogP contribution is 2.33. The zero-order chi connectivity index (χ0) is 10.8. The maximum Gasteiger partial charge on any atom is 0.266 e. The number of nitrogen functional groups attached to an aromatic ring is 1. The van der Waals surface area contributed by atoms with Crippen LogP contribution < -0.4 is 26.6 Å². The van der Waals surface area contributed by atoms with Crippen LogP contribution in [0.3, 0.4) is 0 Å². The van der Waals surface area contributed by atoms with Crippen LogP contribution in [0, 0.1) is 0 Å². The molecule has 6 nitrogen and oxygen atoms in total. The molecule has 2 rings (SSSR count). The van der Waals surface area contributed by atoms with Gasteiger partial charge >= 0.3 is 0 Å². The summed E-state index contributed by atoms with van der Waals surface area (Å²) in [6.07, 6.45) is 0. The first-order valence-corrected chi connectivity index (χ1v) is 4.48. The molecular formula is C9H12N4O2. The summed E-state index contributed by atoms with van der Waals surface area (Å²) in [4.78, 5) is 13.0. The van der Waals surface area contributed by atoms with E-state index in [1.807, 2.05) is 0 Å². The number of amides is 1. The fraction of sp³-hybridized carbons (Fsp3) is 0.222. The Balaban J connectivity index is 2.41. The average molecular weight is 208 g/mol. The summed E-state index contributed by atoms with van der Waals surface area (Å²) in [7, 11) is 0. The lowest BCUT2D eigenvalue weighted by molar-refractivity contribution is -0.121. The molecule has 6 heteroatoms. The van der Waals surface area contributed by atoms with E-state index in [1.165, 1.54) is 4.90 Å². The number of hydrogen-bond donors (Lipinski definition) is 3. The van der Waals surface area contributed by atoms with Gasteiger partial charge in [0.25, 0.3) is 5.91 Å². The highest BCUT2D eigenvalue weighted by atomic mass is 16.5. The summed E-state index contributed by atoms with van der Waals surface area (Å²) < 4.78 is 5.25. The Morgan fingerprint density at radius 1 is 1.53 bits per heavy atom. The van der Waals surface area contributed by atoms with Crippen LogP contribution in [0.2, 0.25) is 0 Å². The minimum Gasteiger partial charge on any atom is -0.482 e. The number of benzene rings is 1. The molecule has 0 radical (unpaired) electrons. The maximum absolute atomic E-state index is 11.5. The normalized spacial score (nSPS) is 14.7. The molecule has 0 atom stereocenters. The number of hydrogen-bond acceptors (Lipinski definition) is 5. The van der Waals surface area contributed by atoms with Gasteiger partial charge in [-0.1, -0.05) is 0 Å². The van der Waals surface area contributed by atoms with Crippen LogP contribution in [0.25, 0.3) is 0 Å². The number of nitrogens with one attached hydrogen (secondary N) is 1. The minimum absolute atomic E-state index is 0.0264. The predicted octanol–water partition coefficient (Wildman–Crippen LogP) is -0.585. The summed E-state index contributed by atoms with van der Waals surface area (Å²) in [6, 6.07) is 5.15. The average Bonchev–Trinajstić information content (AvgIpc) is 2.23. The lowest BCUT2D eigenvalue weighted by Gasteiger charge is -2.29. The molecule has 15 heavy (non-hydrogen) atoms. The summed E-state index contributed by atoms with van der Waals surface area (Å²) in [5.41, 5.74) is 9.30. The molecule has 0 saturated carbocycles. The number of carbonyl (C=O) groups is 1. The summed E-state index contributed by atoms with van der Waals surface area (Å²) >= 11 is 0. The number of fused-ring (bicyclic) bond motifs is 1. The fourth-order valence-corrected chi connectivity index (χ4v) is 1.48. The number of rotatable bonds is 2. The van der Waals surface area contributed by atoms with E-state index >= 15 is 0 Å². The van der Waals surface area contributed by atoms with E-state index in [0.29, 0.717) is 17.1 Å².